The van der Waals surface area contributed by atoms with Crippen molar-refractivity contribution in [2.75, 3.05) is 5.32 Å². The standard InChI is InChI=1S/C17H12ClN3O4S2/c18-9-3-4-11-10(6-9)19-17(23)13(27-11)7-15(22)24-8-14-20-16(21-25-14)12-2-1-5-26-12/h1-6,13H,7-8H2,(H,19,23). The van der Waals surface area contributed by atoms with Crippen molar-refractivity contribution in [2.24, 2.45) is 0 Å². The molecule has 0 radical (unpaired) electrons. The molecule has 0 bridgehead atoms. The summed E-state index contributed by atoms with van der Waals surface area (Å²) in [6.45, 7) is -0.136. The monoisotopic (exact) mass is 421 g/mol. The van der Waals surface area contributed by atoms with Gasteiger partial charge in [0.1, 0.15) is 0 Å². The first-order valence-electron chi connectivity index (χ1n) is 7.87. The average Bonchev–Trinajstić information content (AvgIpc) is 3.32. The molecule has 3 aromatic rings. The summed E-state index contributed by atoms with van der Waals surface area (Å²) in [4.78, 5) is 30.2. The van der Waals surface area contributed by atoms with E-state index in [0.717, 1.165) is 9.77 Å². The van der Waals surface area contributed by atoms with E-state index >= 15 is 0 Å². The van der Waals surface area contributed by atoms with Crippen LogP contribution in [0.2, 0.25) is 5.02 Å². The summed E-state index contributed by atoms with van der Waals surface area (Å²) in [5, 5.41) is 8.48. The number of thiophene rings is 1. The summed E-state index contributed by atoms with van der Waals surface area (Å²) in [6, 6.07) is 8.98. The summed E-state index contributed by atoms with van der Waals surface area (Å²) >= 11 is 8.71. The first-order chi connectivity index (χ1) is 13.1. The molecule has 3 heterocycles. The maximum atomic E-state index is 12.2. The molecular weight excluding hydrogens is 410 g/mol. The van der Waals surface area contributed by atoms with Crippen LogP contribution in [0.1, 0.15) is 12.3 Å². The van der Waals surface area contributed by atoms with Crippen LogP contribution in [-0.2, 0) is 20.9 Å². The highest BCUT2D eigenvalue weighted by molar-refractivity contribution is 8.01. The summed E-state index contributed by atoms with van der Waals surface area (Å²) in [5.74, 6) is -0.124. The number of carbonyl (C=O) groups is 2. The Hall–Kier alpha value is -2.36. The number of esters is 1. The average molecular weight is 422 g/mol. The minimum Gasteiger partial charge on any atom is -0.456 e. The van der Waals surface area contributed by atoms with Gasteiger partial charge in [0.2, 0.25) is 11.7 Å². The Morgan fingerprint density at radius 2 is 2.26 bits per heavy atom. The van der Waals surface area contributed by atoms with Crippen molar-refractivity contribution in [3.05, 3.63) is 46.6 Å². The van der Waals surface area contributed by atoms with Crippen LogP contribution in [0.15, 0.2) is 45.1 Å². The van der Waals surface area contributed by atoms with Gasteiger partial charge >= 0.3 is 5.97 Å². The van der Waals surface area contributed by atoms with E-state index in [4.69, 9.17) is 20.9 Å². The number of thioether (sulfide) groups is 1. The van der Waals surface area contributed by atoms with Crippen molar-refractivity contribution in [3.63, 3.8) is 0 Å². The molecule has 1 atom stereocenters. The van der Waals surface area contributed by atoms with E-state index < -0.39 is 11.2 Å². The van der Waals surface area contributed by atoms with Gasteiger partial charge in [-0.25, -0.2) is 0 Å². The molecule has 27 heavy (non-hydrogen) atoms. The van der Waals surface area contributed by atoms with Crippen LogP contribution >= 0.6 is 34.7 Å². The first kappa shape index (κ1) is 18.0. The highest BCUT2D eigenvalue weighted by Gasteiger charge is 2.30. The summed E-state index contributed by atoms with van der Waals surface area (Å²) in [6.07, 6.45) is -0.0650. The molecule has 1 aromatic carbocycles. The lowest BCUT2D eigenvalue weighted by molar-refractivity contribution is -0.146. The molecule has 4 rings (SSSR count). The van der Waals surface area contributed by atoms with Crippen molar-refractivity contribution in [1.82, 2.24) is 10.1 Å². The lowest BCUT2D eigenvalue weighted by Crippen LogP contribution is -2.31. The van der Waals surface area contributed by atoms with Gasteiger partial charge in [-0.1, -0.05) is 22.8 Å². The number of hydrogen-bond donors (Lipinski definition) is 1. The van der Waals surface area contributed by atoms with E-state index in [1.165, 1.54) is 23.1 Å². The van der Waals surface area contributed by atoms with Crippen molar-refractivity contribution < 1.29 is 18.8 Å². The van der Waals surface area contributed by atoms with Crippen LogP contribution in [0.3, 0.4) is 0 Å². The van der Waals surface area contributed by atoms with E-state index in [2.05, 4.69) is 15.5 Å². The van der Waals surface area contributed by atoms with Gasteiger partial charge in [-0.15, -0.1) is 23.1 Å². The van der Waals surface area contributed by atoms with E-state index in [9.17, 15) is 9.59 Å². The maximum absolute atomic E-state index is 12.2. The van der Waals surface area contributed by atoms with Crippen molar-refractivity contribution in [2.45, 2.75) is 23.2 Å². The third-order valence-electron chi connectivity index (χ3n) is 3.68. The SMILES string of the molecule is O=C(CC1Sc2ccc(Cl)cc2NC1=O)OCc1nc(-c2cccs2)no1. The number of halogens is 1. The normalized spacial score (nSPS) is 15.9. The number of carbonyl (C=O) groups excluding carboxylic acids is 2. The fourth-order valence-corrected chi connectivity index (χ4v) is 4.33. The number of nitrogens with zero attached hydrogens (tertiary/aromatic N) is 2. The molecule has 138 valence electrons. The molecule has 1 amide bonds. The van der Waals surface area contributed by atoms with E-state index in [-0.39, 0.29) is 24.8 Å². The number of fused-ring (bicyclic) bond motifs is 1. The molecule has 1 aliphatic rings. The zero-order valence-corrected chi connectivity index (χ0v) is 16.1. The Morgan fingerprint density at radius 3 is 3.07 bits per heavy atom. The third kappa shape index (κ3) is 4.15. The fourth-order valence-electron chi connectivity index (χ4n) is 2.43. The second kappa shape index (κ2) is 7.71. The van der Waals surface area contributed by atoms with Crippen LogP contribution in [0.25, 0.3) is 10.7 Å². The zero-order chi connectivity index (χ0) is 18.8. The molecule has 1 aliphatic heterocycles. The molecule has 10 heteroatoms. The largest absolute Gasteiger partial charge is 0.456 e. The lowest BCUT2D eigenvalue weighted by atomic mass is 10.2. The number of rotatable bonds is 5. The number of nitrogens with one attached hydrogen (secondary N) is 1. The Kier molecular flexibility index (Phi) is 5.15. The lowest BCUT2D eigenvalue weighted by Gasteiger charge is -2.23. The van der Waals surface area contributed by atoms with Gasteiger partial charge < -0.3 is 14.6 Å². The highest BCUT2D eigenvalue weighted by atomic mass is 35.5. The predicted molar refractivity (Wildman–Crippen MR) is 102 cm³/mol. The smallest absolute Gasteiger partial charge is 0.307 e. The third-order valence-corrected chi connectivity index (χ3v) is 6.06. The zero-order valence-electron chi connectivity index (χ0n) is 13.7. The Balaban J connectivity index is 1.33. The van der Waals surface area contributed by atoms with E-state index in [0.29, 0.717) is 16.5 Å². The second-order valence-corrected chi connectivity index (χ2v) is 8.22. The number of ether oxygens (including phenoxy) is 1. The molecule has 1 unspecified atom stereocenters. The fraction of sp³-hybridized carbons (Fsp3) is 0.176. The topological polar surface area (TPSA) is 94.3 Å². The Morgan fingerprint density at radius 1 is 1.37 bits per heavy atom. The molecular formula is C17H12ClN3O4S2. The van der Waals surface area contributed by atoms with Crippen molar-refractivity contribution in [1.29, 1.82) is 0 Å². The van der Waals surface area contributed by atoms with E-state index in [1.807, 2.05) is 23.6 Å². The first-order valence-corrected chi connectivity index (χ1v) is 10.0. The quantitative estimate of drug-likeness (QED) is 0.622. The number of benzene rings is 1. The molecule has 7 nitrogen and oxygen atoms in total. The van der Waals surface area contributed by atoms with Gasteiger partial charge in [-0.3, -0.25) is 9.59 Å². The molecule has 0 spiro atoms. The molecule has 0 fully saturated rings. The van der Waals surface area contributed by atoms with Crippen LogP contribution in [0.5, 0.6) is 0 Å². The minimum absolute atomic E-state index is 0.0650. The number of anilines is 1. The number of aromatic nitrogens is 2. The molecule has 2 aromatic heterocycles. The Labute approximate surface area is 167 Å². The van der Waals surface area contributed by atoms with Crippen molar-refractivity contribution in [3.8, 4) is 10.7 Å². The van der Waals surface area contributed by atoms with Gasteiger partial charge in [0.05, 0.1) is 22.2 Å². The van der Waals surface area contributed by atoms with Crippen LogP contribution in [0.4, 0.5) is 5.69 Å². The summed E-state index contributed by atoms with van der Waals surface area (Å²) < 4.78 is 10.2. The van der Waals surface area contributed by atoms with E-state index in [1.54, 1.807) is 12.1 Å². The van der Waals surface area contributed by atoms with Gasteiger partial charge in [0, 0.05) is 9.92 Å². The summed E-state index contributed by atoms with van der Waals surface area (Å²) in [5.41, 5.74) is 0.647. The highest BCUT2D eigenvalue weighted by Crippen LogP contribution is 2.38. The second-order valence-electron chi connectivity index (χ2n) is 5.59. The molecule has 0 aliphatic carbocycles. The van der Waals surface area contributed by atoms with Gasteiger partial charge in [-0.2, -0.15) is 4.98 Å². The molecule has 0 saturated carbocycles. The molecule has 1 N–H and O–H groups in total. The van der Waals surface area contributed by atoms with Crippen LogP contribution in [0, 0.1) is 0 Å². The van der Waals surface area contributed by atoms with Crippen molar-refractivity contribution >= 4 is 52.3 Å². The van der Waals surface area contributed by atoms with Gasteiger partial charge in [-0.05, 0) is 29.6 Å². The van der Waals surface area contributed by atoms with Gasteiger partial charge in [0.15, 0.2) is 6.61 Å². The van der Waals surface area contributed by atoms with Crippen LogP contribution in [-0.4, -0.2) is 27.3 Å². The molecule has 0 saturated heterocycles. The predicted octanol–water partition coefficient (Wildman–Crippen LogP) is 4.00. The summed E-state index contributed by atoms with van der Waals surface area (Å²) in [7, 11) is 0. The number of hydrogen-bond acceptors (Lipinski definition) is 8. The van der Waals surface area contributed by atoms with Crippen LogP contribution < -0.4 is 5.32 Å². The maximum Gasteiger partial charge on any atom is 0.307 e. The minimum atomic E-state index is -0.574. The number of amides is 1. The van der Waals surface area contributed by atoms with Gasteiger partial charge in [0.25, 0.3) is 5.89 Å². The Bertz CT molecular complexity index is 990.